The van der Waals surface area contributed by atoms with Gasteiger partial charge in [0.15, 0.2) is 23.8 Å². The summed E-state index contributed by atoms with van der Waals surface area (Å²) in [7, 11) is 1.69. The average molecular weight is 1600 g/mol. The van der Waals surface area contributed by atoms with E-state index >= 15 is 0 Å². The van der Waals surface area contributed by atoms with Gasteiger partial charge in [0, 0.05) is 50.5 Å². The van der Waals surface area contributed by atoms with Crippen LogP contribution >= 0.6 is 21.6 Å². The Kier molecular flexibility index (Phi) is 42.7. The highest BCUT2D eigenvalue weighted by Gasteiger charge is 2.39. The summed E-state index contributed by atoms with van der Waals surface area (Å²) in [5.41, 5.74) is 29.2. The molecule has 1 saturated heterocycles. The van der Waals surface area contributed by atoms with Crippen molar-refractivity contribution in [3.05, 3.63) is 71.8 Å². The Morgan fingerprint density at radius 2 is 0.847 bits per heavy atom. The fraction of sp³-hybridized carbons (Fsp3) is 0.559. The number of hydrogen-bond donors (Lipinski definition) is 27. The summed E-state index contributed by atoms with van der Waals surface area (Å²) in [4.78, 5) is 198. The molecule has 0 aliphatic carbocycles. The first-order valence-corrected chi connectivity index (χ1v) is 38.5. The van der Waals surface area contributed by atoms with Crippen LogP contribution in [0.5, 0.6) is 0 Å². The monoisotopic (exact) mass is 1600 g/mol. The lowest BCUT2D eigenvalue weighted by molar-refractivity contribution is -0.142. The van der Waals surface area contributed by atoms with Crippen molar-refractivity contribution < 1.29 is 77.3 Å². The summed E-state index contributed by atoms with van der Waals surface area (Å²) in [6, 6.07) is -0.759. The summed E-state index contributed by atoms with van der Waals surface area (Å²) in [5, 5.41) is 91.7. The minimum Gasteiger partial charge on any atom is -0.481 e. The average Bonchev–Trinajstić information content (AvgIpc) is 0.849. The van der Waals surface area contributed by atoms with Crippen molar-refractivity contribution >= 4 is 128 Å². The van der Waals surface area contributed by atoms with Crippen LogP contribution in [0.4, 0.5) is 0 Å². The molecule has 0 spiro atoms. The Balaban J connectivity index is 2.28. The molecule has 0 saturated carbocycles. The van der Waals surface area contributed by atoms with E-state index in [-0.39, 0.29) is 115 Å². The summed E-state index contributed by atoms with van der Waals surface area (Å²) < 4.78 is 0. The van der Waals surface area contributed by atoms with Crippen molar-refractivity contribution in [2.75, 3.05) is 50.8 Å². The van der Waals surface area contributed by atoms with Gasteiger partial charge in [-0.3, -0.25) is 84.0 Å². The van der Waals surface area contributed by atoms with Crippen molar-refractivity contribution in [2.24, 2.45) is 40.5 Å². The zero-order valence-electron chi connectivity index (χ0n) is 62.4. The number of nitrogens with one attached hydrogen (secondary N) is 20. The third kappa shape index (κ3) is 37.2. The van der Waals surface area contributed by atoms with Crippen LogP contribution in [0, 0.1) is 33.5 Å². The van der Waals surface area contributed by atoms with Gasteiger partial charge in [0.1, 0.15) is 60.4 Å². The van der Waals surface area contributed by atoms with E-state index in [1.54, 1.807) is 88.4 Å². The van der Waals surface area contributed by atoms with E-state index in [0.29, 0.717) is 11.1 Å². The minimum absolute atomic E-state index is 0.00822. The predicted octanol–water partition coefficient (Wildman–Crippen LogP) is -6.02. The van der Waals surface area contributed by atoms with Crippen LogP contribution < -0.4 is 114 Å². The standard InChI is InChI=1S/C68H109N25O16S2/c1-5-36(3)52-62(106)88-45(30-39-19-11-8-12-20-39)59(103)85-42(23-15-27-80-67(74)75)56(100)91-48(64(108)109)35-111-110-34-47(90-54(98)40(69)21-13-25-78-65(70)71)61(105)87-44(29-38-17-9-7-10-18-38)55(99)83-32-49(94)82-33-50(95)84-41(22-14-26-79-66(72)73)57(101)92-53(37(4)6-2)63(107)89-46(31-51(96)97)60(104)86-43(58(102)93-52)24-16-28-81-68(76)77/h7-12,17-20,36-37,40-48,52-53H,5-6,13-16,21-35,69H2,1-4H3,(H,82,94)(H,83,99)(H,84,95)(H,85,103)(H,86,104)(H,87,105)(H,88,106)(H,89,107)(H,90,98)(H,91,100)(H,92,101)(H,93,102)(H,96,97)(H,108,109)(H4,70,71,78)(H4,72,73,79)(H4,74,75,80)(H4,76,77,81)/t36-,37-,40-,41-,42?,43-,44?,45-,46?,47-,48-,52?,53-/m0/s1. The van der Waals surface area contributed by atoms with E-state index in [1.165, 1.54) is 0 Å². The lowest BCUT2D eigenvalue weighted by atomic mass is 9.96. The first-order chi connectivity index (χ1) is 52.6. The van der Waals surface area contributed by atoms with E-state index in [2.05, 4.69) is 85.1 Å². The molecule has 2 aromatic rings. The molecular formula is C68H109N25O16S2. The van der Waals surface area contributed by atoms with Gasteiger partial charge in [0.05, 0.1) is 25.6 Å². The van der Waals surface area contributed by atoms with Crippen LogP contribution in [-0.4, -0.2) is 234 Å². The molecule has 1 heterocycles. The zero-order chi connectivity index (χ0) is 82.7. The number of carboxylic acid groups (broad SMARTS) is 2. The number of rotatable bonds is 29. The fourth-order valence-corrected chi connectivity index (χ4v) is 13.1. The molecule has 0 radical (unpaired) electrons. The number of aliphatic carboxylic acids is 2. The second kappa shape index (κ2) is 50.5. The highest BCUT2D eigenvalue weighted by atomic mass is 33.1. The first kappa shape index (κ1) is 94.0. The molecule has 4 unspecified atom stereocenters. The third-order valence-electron chi connectivity index (χ3n) is 17.3. The summed E-state index contributed by atoms with van der Waals surface area (Å²) in [5.74, 6) is -19.0. The molecule has 1 fully saturated rings. The molecule has 43 heteroatoms. The largest absolute Gasteiger partial charge is 0.481 e. The van der Waals surface area contributed by atoms with Gasteiger partial charge in [-0.05, 0) is 74.3 Å². The number of hydrogen-bond acceptors (Lipinski definition) is 21. The summed E-state index contributed by atoms with van der Waals surface area (Å²) in [6.07, 6.45) is -1.49. The first-order valence-electron chi connectivity index (χ1n) is 36.0. The van der Waals surface area contributed by atoms with Gasteiger partial charge >= 0.3 is 11.9 Å². The van der Waals surface area contributed by atoms with Gasteiger partial charge < -0.3 is 124 Å². The molecule has 1 aliphatic heterocycles. The Labute approximate surface area is 650 Å². The van der Waals surface area contributed by atoms with Gasteiger partial charge in [-0.2, -0.15) is 0 Å². The Morgan fingerprint density at radius 3 is 1.29 bits per heavy atom. The van der Waals surface area contributed by atoms with Crippen molar-refractivity contribution in [1.29, 1.82) is 21.6 Å². The highest BCUT2D eigenvalue weighted by Crippen LogP contribution is 2.24. The molecule has 32 N–H and O–H groups in total. The van der Waals surface area contributed by atoms with E-state index in [4.69, 9.17) is 50.3 Å². The second-order valence-electron chi connectivity index (χ2n) is 26.2. The number of benzene rings is 2. The van der Waals surface area contributed by atoms with Crippen LogP contribution in [-0.2, 0) is 80.0 Å². The van der Waals surface area contributed by atoms with Gasteiger partial charge in [0.25, 0.3) is 0 Å². The molecule has 1 aliphatic rings. The van der Waals surface area contributed by atoms with E-state index in [1.807, 2.05) is 0 Å². The van der Waals surface area contributed by atoms with E-state index in [9.17, 15) is 77.3 Å². The Bertz CT molecular complexity index is 3520. The molecular weight excluding hydrogens is 1490 g/mol. The van der Waals surface area contributed by atoms with E-state index < -0.39 is 204 Å². The van der Waals surface area contributed by atoms with Gasteiger partial charge in [-0.25, -0.2) is 4.79 Å². The van der Waals surface area contributed by atoms with Crippen LogP contribution in [0.25, 0.3) is 0 Å². The lowest BCUT2D eigenvalue weighted by Gasteiger charge is -2.30. The third-order valence-corrected chi connectivity index (χ3v) is 19.7. The molecule has 614 valence electrons. The van der Waals surface area contributed by atoms with Crippen molar-refractivity contribution in [1.82, 2.24) is 85.1 Å². The van der Waals surface area contributed by atoms with Gasteiger partial charge in [-0.15, -0.1) is 0 Å². The predicted molar refractivity (Wildman–Crippen MR) is 414 cm³/mol. The quantitative estimate of drug-likeness (QED) is 0.0156. The highest BCUT2D eigenvalue weighted by molar-refractivity contribution is 8.76. The molecule has 13 atom stereocenters. The maximum absolute atomic E-state index is 14.9. The second-order valence-corrected chi connectivity index (χ2v) is 28.8. The fourth-order valence-electron chi connectivity index (χ4n) is 10.7. The molecule has 0 bridgehead atoms. The Hall–Kier alpha value is -11.2. The number of amides is 12. The van der Waals surface area contributed by atoms with Crippen molar-refractivity contribution in [3.8, 4) is 0 Å². The van der Waals surface area contributed by atoms with Crippen LogP contribution in [0.3, 0.4) is 0 Å². The van der Waals surface area contributed by atoms with Crippen LogP contribution in [0.15, 0.2) is 60.7 Å². The van der Waals surface area contributed by atoms with Crippen molar-refractivity contribution in [3.63, 3.8) is 0 Å². The number of carbonyl (C=O) groups is 14. The lowest BCUT2D eigenvalue weighted by Crippen LogP contribution is -2.62. The molecule has 41 nitrogen and oxygen atoms in total. The van der Waals surface area contributed by atoms with Gasteiger partial charge in [0.2, 0.25) is 70.9 Å². The van der Waals surface area contributed by atoms with E-state index in [0.717, 1.165) is 21.6 Å². The maximum Gasteiger partial charge on any atom is 0.327 e. The topological polar surface area (TPSA) is 697 Å². The van der Waals surface area contributed by atoms with Crippen LogP contribution in [0.1, 0.15) is 109 Å². The number of carboxylic acids is 2. The zero-order valence-corrected chi connectivity index (χ0v) is 64.1. The van der Waals surface area contributed by atoms with Gasteiger partial charge in [-0.1, -0.05) is 123 Å². The molecule has 0 aromatic heterocycles. The Morgan fingerprint density at radius 1 is 0.468 bits per heavy atom. The molecule has 12 amide bonds. The normalized spacial score (nSPS) is 22.6. The summed E-state index contributed by atoms with van der Waals surface area (Å²) in [6.45, 7) is 4.98. The molecule has 2 aromatic carbocycles. The SMILES string of the molecule is CC[C@H](C)C1NC(=O)[C@H](CCCNC(=N)N)NC(=O)C(CC(=O)O)NC(=O)[C@H]([C@@H](C)CC)NC(=O)[C@H](CCCNC(=N)N)NC(=O)CNC(=O)CNC(=O)C(Cc2ccccc2)NC(=O)[C@@H](NC(=O)[C@@H](N)CCCNC(=N)N)CSSC[C@@H](C(=O)O)NC(=O)C(CCCNC(=N)N)NC(=O)[C@H](Cc2ccccc2)NC1=O. The molecule has 111 heavy (non-hydrogen) atoms. The van der Waals surface area contributed by atoms with Crippen LogP contribution in [0.2, 0.25) is 0 Å². The van der Waals surface area contributed by atoms with Crippen molar-refractivity contribution in [2.45, 2.75) is 178 Å². The summed E-state index contributed by atoms with van der Waals surface area (Å²) >= 11 is 0. The number of guanidine groups is 4. The number of nitrogens with two attached hydrogens (primary N) is 5. The molecule has 3 rings (SSSR count). The smallest absolute Gasteiger partial charge is 0.327 e. The number of carbonyl (C=O) groups excluding carboxylic acids is 12. The minimum atomic E-state index is -1.98. The maximum atomic E-state index is 14.9.